The monoisotopic (exact) mass is 340 g/mol. The lowest BCUT2D eigenvalue weighted by Gasteiger charge is -2.32. The average Bonchev–Trinajstić information content (AvgIpc) is 3.11. The van der Waals surface area contributed by atoms with Crippen LogP contribution in [-0.2, 0) is 11.5 Å². The van der Waals surface area contributed by atoms with E-state index in [4.69, 9.17) is 0 Å². The normalized spacial score (nSPS) is 21.6. The molecule has 3 heterocycles. The Morgan fingerprint density at radius 3 is 2.55 bits per heavy atom. The molecule has 2 fully saturated rings. The lowest BCUT2D eigenvalue weighted by Crippen LogP contribution is -2.42. The zero-order valence-corrected chi connectivity index (χ0v) is 13.3. The van der Waals surface area contributed by atoms with E-state index in [1.54, 1.807) is 0 Å². The van der Waals surface area contributed by atoms with Gasteiger partial charge in [-0.3, -0.25) is 14.4 Å². The number of carbonyl (C=O) groups excluding carboxylic acids is 1. The van der Waals surface area contributed by atoms with Gasteiger partial charge < -0.3 is 4.90 Å². The Morgan fingerprint density at radius 1 is 1.25 bits per heavy atom. The van der Waals surface area contributed by atoms with Gasteiger partial charge in [-0.05, 0) is 41.6 Å². The molecule has 1 aromatic rings. The predicted molar refractivity (Wildman–Crippen MR) is 80.0 cm³/mol. The van der Waals surface area contributed by atoms with Crippen LogP contribution in [0.3, 0.4) is 0 Å². The van der Waals surface area contributed by atoms with Crippen molar-refractivity contribution in [2.24, 2.45) is 5.92 Å². The molecule has 6 heteroatoms. The van der Waals surface area contributed by atoms with Crippen molar-refractivity contribution >= 4 is 21.8 Å². The van der Waals surface area contributed by atoms with Gasteiger partial charge in [-0.25, -0.2) is 0 Å². The lowest BCUT2D eigenvalue weighted by atomic mass is 9.95. The summed E-state index contributed by atoms with van der Waals surface area (Å²) in [5.41, 5.74) is 0. The Balaban J connectivity index is 1.48. The molecule has 0 saturated carbocycles. The highest BCUT2D eigenvalue weighted by molar-refractivity contribution is 9.10. The quantitative estimate of drug-likeness (QED) is 0.844. The third-order valence-corrected chi connectivity index (χ3v) is 4.71. The summed E-state index contributed by atoms with van der Waals surface area (Å²) in [5.74, 6) is 0.637. The van der Waals surface area contributed by atoms with Crippen molar-refractivity contribution in [3.05, 3.63) is 16.9 Å². The Bertz CT molecular complexity index is 461. The molecular formula is C14H21BrN4O. The molecule has 1 amide bonds. The number of nitrogens with zero attached hydrogens (tertiary/aromatic N) is 4. The number of piperidine rings is 1. The molecule has 2 aliphatic heterocycles. The fraction of sp³-hybridized carbons (Fsp3) is 0.714. The Labute approximate surface area is 128 Å². The molecule has 0 atom stereocenters. The minimum atomic E-state index is 0.244. The Hall–Kier alpha value is -0.880. The summed E-state index contributed by atoms with van der Waals surface area (Å²) >= 11 is 3.41. The van der Waals surface area contributed by atoms with E-state index in [0.29, 0.717) is 5.91 Å². The van der Waals surface area contributed by atoms with Gasteiger partial charge in [0.2, 0.25) is 5.91 Å². The van der Waals surface area contributed by atoms with Gasteiger partial charge in [0.25, 0.3) is 0 Å². The molecule has 3 rings (SSSR count). The first-order valence-corrected chi connectivity index (χ1v) is 8.21. The highest BCUT2D eigenvalue weighted by Gasteiger charge is 2.29. The van der Waals surface area contributed by atoms with Crippen molar-refractivity contribution in [2.75, 3.05) is 26.2 Å². The number of amides is 1. The van der Waals surface area contributed by atoms with Crippen LogP contribution in [-0.4, -0.2) is 51.7 Å². The van der Waals surface area contributed by atoms with Crippen molar-refractivity contribution in [1.82, 2.24) is 19.6 Å². The second kappa shape index (κ2) is 6.26. The molecular weight excluding hydrogens is 320 g/mol. The van der Waals surface area contributed by atoms with Crippen LogP contribution in [0, 0.1) is 5.92 Å². The van der Waals surface area contributed by atoms with Crippen LogP contribution < -0.4 is 0 Å². The predicted octanol–water partition coefficient (Wildman–Crippen LogP) is 1.94. The third kappa shape index (κ3) is 3.23. The van der Waals surface area contributed by atoms with Crippen LogP contribution >= 0.6 is 15.9 Å². The number of hydrogen-bond acceptors (Lipinski definition) is 3. The molecule has 110 valence electrons. The van der Waals surface area contributed by atoms with Gasteiger partial charge in [-0.2, -0.15) is 5.10 Å². The zero-order chi connectivity index (χ0) is 13.9. The third-order valence-electron chi connectivity index (χ3n) is 4.30. The van der Waals surface area contributed by atoms with E-state index in [-0.39, 0.29) is 5.92 Å². The van der Waals surface area contributed by atoms with Crippen molar-refractivity contribution < 1.29 is 4.79 Å². The van der Waals surface area contributed by atoms with Gasteiger partial charge in [0.05, 0.1) is 17.3 Å². The van der Waals surface area contributed by atoms with Crippen LogP contribution in [0.25, 0.3) is 0 Å². The van der Waals surface area contributed by atoms with E-state index >= 15 is 0 Å². The summed E-state index contributed by atoms with van der Waals surface area (Å²) in [6.07, 6.45) is 8.12. The summed E-state index contributed by atoms with van der Waals surface area (Å²) in [6.45, 7) is 4.74. The summed E-state index contributed by atoms with van der Waals surface area (Å²) in [7, 11) is 0. The molecule has 0 aliphatic carbocycles. The summed E-state index contributed by atoms with van der Waals surface area (Å²) < 4.78 is 2.95. The fourth-order valence-electron chi connectivity index (χ4n) is 3.14. The second-order valence-electron chi connectivity index (χ2n) is 5.76. The maximum absolute atomic E-state index is 12.4. The van der Waals surface area contributed by atoms with Crippen molar-refractivity contribution in [1.29, 1.82) is 0 Å². The number of halogens is 1. The molecule has 0 unspecified atom stereocenters. The van der Waals surface area contributed by atoms with Crippen LogP contribution in [0.2, 0.25) is 0 Å². The van der Waals surface area contributed by atoms with E-state index in [2.05, 4.69) is 30.8 Å². The molecule has 0 aromatic carbocycles. The maximum Gasteiger partial charge on any atom is 0.225 e. The summed E-state index contributed by atoms with van der Waals surface area (Å²) in [6, 6.07) is 0. The standard InChI is InChI=1S/C14H21BrN4O/c15-13-9-16-19(10-13)11-17-7-3-12(4-8-17)14(20)18-5-1-2-6-18/h9-10,12H,1-8,11H2. The number of hydrogen-bond donors (Lipinski definition) is 0. The number of rotatable bonds is 3. The fourth-order valence-corrected chi connectivity index (χ4v) is 3.47. The molecule has 0 N–H and O–H groups in total. The van der Waals surface area contributed by atoms with Gasteiger partial charge in [-0.15, -0.1) is 0 Å². The zero-order valence-electron chi connectivity index (χ0n) is 11.7. The van der Waals surface area contributed by atoms with Gasteiger partial charge in [-0.1, -0.05) is 0 Å². The highest BCUT2D eigenvalue weighted by Crippen LogP contribution is 2.22. The minimum absolute atomic E-state index is 0.244. The first-order valence-electron chi connectivity index (χ1n) is 7.41. The minimum Gasteiger partial charge on any atom is -0.342 e. The molecule has 20 heavy (non-hydrogen) atoms. The largest absolute Gasteiger partial charge is 0.342 e. The highest BCUT2D eigenvalue weighted by atomic mass is 79.9. The smallest absolute Gasteiger partial charge is 0.225 e. The number of carbonyl (C=O) groups is 1. The molecule has 0 radical (unpaired) electrons. The van der Waals surface area contributed by atoms with Gasteiger partial charge >= 0.3 is 0 Å². The number of likely N-dealkylation sites (tertiary alicyclic amines) is 2. The van der Waals surface area contributed by atoms with Crippen LogP contribution in [0.4, 0.5) is 0 Å². The van der Waals surface area contributed by atoms with Gasteiger partial charge in [0.15, 0.2) is 0 Å². The van der Waals surface area contributed by atoms with Crippen molar-refractivity contribution in [3.63, 3.8) is 0 Å². The van der Waals surface area contributed by atoms with E-state index in [1.807, 2.05) is 17.1 Å². The van der Waals surface area contributed by atoms with E-state index < -0.39 is 0 Å². The Morgan fingerprint density at radius 2 is 1.95 bits per heavy atom. The molecule has 2 saturated heterocycles. The van der Waals surface area contributed by atoms with Crippen molar-refractivity contribution in [3.8, 4) is 0 Å². The van der Waals surface area contributed by atoms with Gasteiger partial charge in [0, 0.05) is 38.3 Å². The first-order chi connectivity index (χ1) is 9.72. The average molecular weight is 341 g/mol. The topological polar surface area (TPSA) is 41.4 Å². The van der Waals surface area contributed by atoms with Crippen molar-refractivity contribution in [2.45, 2.75) is 32.4 Å². The molecule has 0 bridgehead atoms. The molecule has 2 aliphatic rings. The van der Waals surface area contributed by atoms with Gasteiger partial charge in [0.1, 0.15) is 0 Å². The number of aromatic nitrogens is 2. The maximum atomic E-state index is 12.4. The van der Waals surface area contributed by atoms with Crippen LogP contribution in [0.5, 0.6) is 0 Å². The Kier molecular flexibility index (Phi) is 4.41. The molecule has 0 spiro atoms. The second-order valence-corrected chi connectivity index (χ2v) is 6.68. The van der Waals surface area contributed by atoms with Crippen LogP contribution in [0.15, 0.2) is 16.9 Å². The molecule has 1 aromatic heterocycles. The van der Waals surface area contributed by atoms with E-state index in [9.17, 15) is 4.79 Å². The van der Waals surface area contributed by atoms with E-state index in [1.165, 1.54) is 12.8 Å². The first kappa shape index (κ1) is 14.1. The summed E-state index contributed by atoms with van der Waals surface area (Å²) in [5, 5.41) is 4.28. The van der Waals surface area contributed by atoms with E-state index in [0.717, 1.165) is 50.2 Å². The summed E-state index contributed by atoms with van der Waals surface area (Å²) in [4.78, 5) is 16.8. The van der Waals surface area contributed by atoms with Crippen LogP contribution in [0.1, 0.15) is 25.7 Å². The SMILES string of the molecule is O=C(C1CCN(Cn2cc(Br)cn2)CC1)N1CCCC1. The lowest BCUT2D eigenvalue weighted by molar-refractivity contribution is -0.136. The molecule has 5 nitrogen and oxygen atoms in total.